The van der Waals surface area contributed by atoms with Gasteiger partial charge in [0, 0.05) is 34.1 Å². The van der Waals surface area contributed by atoms with E-state index in [-0.39, 0.29) is 17.9 Å². The van der Waals surface area contributed by atoms with Gasteiger partial charge in [0.1, 0.15) is 0 Å². The number of Topliss-reactive ketones (excluding diaryl/α,β-unsaturated/α-hetero) is 1. The largest absolute Gasteiger partial charge is 0.360 e. The number of carbonyl (C=O) groups is 1. The summed E-state index contributed by atoms with van der Waals surface area (Å²) >= 11 is 0. The number of rotatable bonds is 3. The molecule has 0 saturated heterocycles. The van der Waals surface area contributed by atoms with Crippen LogP contribution in [0, 0.1) is 20.8 Å². The summed E-state index contributed by atoms with van der Waals surface area (Å²) in [5.74, 6) is -0.0744. The summed E-state index contributed by atoms with van der Waals surface area (Å²) in [4.78, 5) is 28.8. The van der Waals surface area contributed by atoms with Crippen molar-refractivity contribution in [3.63, 3.8) is 0 Å². The van der Waals surface area contributed by atoms with E-state index in [1.54, 1.807) is 16.8 Å². The van der Waals surface area contributed by atoms with Crippen molar-refractivity contribution in [3.05, 3.63) is 81.3 Å². The van der Waals surface area contributed by atoms with Crippen molar-refractivity contribution < 1.29 is 4.79 Å². The van der Waals surface area contributed by atoms with Crippen LogP contribution < -0.4 is 5.56 Å². The van der Waals surface area contributed by atoms with Gasteiger partial charge >= 0.3 is 0 Å². The normalized spacial score (nSPS) is 11.3. The Kier molecular flexibility index (Phi) is 3.76. The smallest absolute Gasteiger partial charge is 0.251 e. The number of H-pyrrole nitrogens is 1. The van der Waals surface area contributed by atoms with Crippen molar-refractivity contribution in [2.24, 2.45) is 0 Å². The molecule has 0 unspecified atom stereocenters. The average molecular weight is 344 g/mol. The Morgan fingerprint density at radius 2 is 1.77 bits per heavy atom. The average Bonchev–Trinajstić information content (AvgIpc) is 3.02. The van der Waals surface area contributed by atoms with E-state index in [1.807, 2.05) is 51.1 Å². The Bertz CT molecular complexity index is 1230. The number of benzene rings is 2. The number of pyridine rings is 1. The predicted octanol–water partition coefficient (Wildman–Crippen LogP) is 4.29. The van der Waals surface area contributed by atoms with Gasteiger partial charge < -0.3 is 9.55 Å². The van der Waals surface area contributed by atoms with E-state index in [1.165, 1.54) is 0 Å². The molecule has 0 aliphatic heterocycles. The van der Waals surface area contributed by atoms with Crippen LogP contribution in [0.1, 0.15) is 27.0 Å². The number of nitrogens with zero attached hydrogens (tertiary/aromatic N) is 1. The maximum atomic E-state index is 13.0. The number of aromatic amines is 1. The van der Waals surface area contributed by atoms with Crippen LogP contribution in [-0.4, -0.2) is 15.3 Å². The van der Waals surface area contributed by atoms with Gasteiger partial charge in [-0.3, -0.25) is 9.59 Å². The molecule has 0 radical (unpaired) electrons. The summed E-state index contributed by atoms with van der Waals surface area (Å²) in [7, 11) is 0. The molecule has 130 valence electrons. The van der Waals surface area contributed by atoms with Gasteiger partial charge in [0.05, 0.1) is 12.1 Å². The molecule has 0 spiro atoms. The zero-order valence-electron chi connectivity index (χ0n) is 15.1. The molecule has 4 nitrogen and oxygen atoms in total. The van der Waals surface area contributed by atoms with E-state index < -0.39 is 0 Å². The first-order valence-electron chi connectivity index (χ1n) is 8.66. The van der Waals surface area contributed by atoms with Crippen LogP contribution in [0.3, 0.4) is 0 Å². The minimum atomic E-state index is -0.143. The van der Waals surface area contributed by atoms with Crippen LogP contribution in [0.5, 0.6) is 0 Å². The van der Waals surface area contributed by atoms with Crippen LogP contribution in [-0.2, 0) is 6.54 Å². The third-order valence-electron chi connectivity index (χ3n) is 4.94. The zero-order valence-corrected chi connectivity index (χ0v) is 15.1. The van der Waals surface area contributed by atoms with Gasteiger partial charge in [0.15, 0.2) is 5.78 Å². The second-order valence-corrected chi connectivity index (χ2v) is 6.90. The van der Waals surface area contributed by atoms with Crippen LogP contribution in [0.2, 0.25) is 0 Å². The number of aryl methyl sites for hydroxylation is 3. The molecular formula is C22H20N2O2. The molecule has 0 aliphatic rings. The summed E-state index contributed by atoms with van der Waals surface area (Å²) in [6.07, 6.45) is 1.73. The number of fused-ring (bicyclic) bond motifs is 2. The summed E-state index contributed by atoms with van der Waals surface area (Å²) in [5.41, 5.74) is 5.32. The first kappa shape index (κ1) is 16.3. The SMILES string of the molecule is Cc1cc(C)c2c(c1)c(C)cc(=O)n2CC(=O)c1c[nH]c2ccccc12. The molecule has 0 bridgehead atoms. The topological polar surface area (TPSA) is 54.9 Å². The van der Waals surface area contributed by atoms with Gasteiger partial charge in [0.2, 0.25) is 0 Å². The number of ketones is 1. The van der Waals surface area contributed by atoms with E-state index in [9.17, 15) is 9.59 Å². The Hall–Kier alpha value is -3.14. The summed E-state index contributed by atoms with van der Waals surface area (Å²) in [5, 5.41) is 1.91. The van der Waals surface area contributed by atoms with Crippen molar-refractivity contribution in [1.29, 1.82) is 0 Å². The van der Waals surface area contributed by atoms with E-state index in [2.05, 4.69) is 11.1 Å². The second kappa shape index (κ2) is 5.99. The lowest BCUT2D eigenvalue weighted by molar-refractivity contribution is 0.0974. The molecule has 0 amide bonds. The molecule has 0 fully saturated rings. The number of para-hydroxylation sites is 1. The van der Waals surface area contributed by atoms with E-state index in [0.29, 0.717) is 5.56 Å². The van der Waals surface area contributed by atoms with Crippen molar-refractivity contribution in [2.75, 3.05) is 0 Å². The minimum Gasteiger partial charge on any atom is -0.360 e. The highest BCUT2D eigenvalue weighted by Crippen LogP contribution is 2.24. The fourth-order valence-corrected chi connectivity index (χ4v) is 3.76. The maximum absolute atomic E-state index is 13.0. The summed E-state index contributed by atoms with van der Waals surface area (Å²) < 4.78 is 1.60. The standard InChI is InChI=1S/C22H20N2O2/c1-13-8-15(3)22-17(9-13)14(2)10-21(26)24(22)12-20(25)18-11-23-19-7-5-4-6-16(18)19/h4-11,23H,12H2,1-3H3. The lowest BCUT2D eigenvalue weighted by atomic mass is 10.0. The van der Waals surface area contributed by atoms with Gasteiger partial charge in [-0.05, 0) is 44.0 Å². The molecule has 2 aromatic heterocycles. The molecule has 0 atom stereocenters. The number of hydrogen-bond donors (Lipinski definition) is 1. The highest BCUT2D eigenvalue weighted by atomic mass is 16.1. The molecule has 26 heavy (non-hydrogen) atoms. The maximum Gasteiger partial charge on any atom is 0.251 e. The molecule has 0 saturated carbocycles. The van der Waals surface area contributed by atoms with Crippen LogP contribution in [0.4, 0.5) is 0 Å². The lowest BCUT2D eigenvalue weighted by Gasteiger charge is -2.14. The molecule has 2 heterocycles. The Labute approximate surface area is 151 Å². The summed E-state index contributed by atoms with van der Waals surface area (Å²) in [6, 6.07) is 13.4. The van der Waals surface area contributed by atoms with Crippen molar-refractivity contribution >= 4 is 27.6 Å². The van der Waals surface area contributed by atoms with Gasteiger partial charge in [0.25, 0.3) is 5.56 Å². The molecule has 0 aliphatic carbocycles. The van der Waals surface area contributed by atoms with E-state index >= 15 is 0 Å². The van der Waals surface area contributed by atoms with Crippen LogP contribution >= 0.6 is 0 Å². The van der Waals surface area contributed by atoms with Gasteiger partial charge in [-0.15, -0.1) is 0 Å². The van der Waals surface area contributed by atoms with Crippen molar-refractivity contribution in [1.82, 2.24) is 9.55 Å². The quantitative estimate of drug-likeness (QED) is 0.564. The number of nitrogens with one attached hydrogen (secondary N) is 1. The predicted molar refractivity (Wildman–Crippen MR) is 105 cm³/mol. The highest BCUT2D eigenvalue weighted by molar-refractivity contribution is 6.08. The fraction of sp³-hybridized carbons (Fsp3) is 0.182. The van der Waals surface area contributed by atoms with Gasteiger partial charge in [-0.2, -0.15) is 0 Å². The van der Waals surface area contributed by atoms with Crippen LogP contribution in [0.25, 0.3) is 21.8 Å². The van der Waals surface area contributed by atoms with Crippen molar-refractivity contribution in [3.8, 4) is 0 Å². The molecule has 1 N–H and O–H groups in total. The molecule has 2 aromatic carbocycles. The van der Waals surface area contributed by atoms with E-state index in [0.717, 1.165) is 38.5 Å². The number of carbonyl (C=O) groups excluding carboxylic acids is 1. The van der Waals surface area contributed by atoms with Gasteiger partial charge in [-0.1, -0.05) is 29.8 Å². The summed E-state index contributed by atoms with van der Waals surface area (Å²) in [6.45, 7) is 6.00. The first-order chi connectivity index (χ1) is 12.5. The molecule has 4 heteroatoms. The van der Waals surface area contributed by atoms with Crippen molar-refractivity contribution in [2.45, 2.75) is 27.3 Å². The monoisotopic (exact) mass is 344 g/mol. The van der Waals surface area contributed by atoms with E-state index in [4.69, 9.17) is 0 Å². The third kappa shape index (κ3) is 2.54. The zero-order chi connectivity index (χ0) is 18.4. The third-order valence-corrected chi connectivity index (χ3v) is 4.94. The number of hydrogen-bond acceptors (Lipinski definition) is 2. The highest BCUT2D eigenvalue weighted by Gasteiger charge is 2.16. The fourth-order valence-electron chi connectivity index (χ4n) is 3.76. The Morgan fingerprint density at radius 1 is 1.00 bits per heavy atom. The molecular weight excluding hydrogens is 324 g/mol. The van der Waals surface area contributed by atoms with Crippen LogP contribution in [0.15, 0.2) is 53.5 Å². The Balaban J connectivity index is 1.87. The minimum absolute atomic E-state index is 0.0291. The molecule has 4 aromatic rings. The Morgan fingerprint density at radius 3 is 2.58 bits per heavy atom. The number of aromatic nitrogens is 2. The van der Waals surface area contributed by atoms with Gasteiger partial charge in [-0.25, -0.2) is 0 Å². The lowest BCUT2D eigenvalue weighted by Crippen LogP contribution is -2.25. The molecule has 4 rings (SSSR count). The first-order valence-corrected chi connectivity index (χ1v) is 8.66. The second-order valence-electron chi connectivity index (χ2n) is 6.90.